The van der Waals surface area contributed by atoms with Crippen molar-refractivity contribution in [2.45, 2.75) is 13.3 Å². The predicted octanol–water partition coefficient (Wildman–Crippen LogP) is 4.71. The summed E-state index contributed by atoms with van der Waals surface area (Å²) in [5.41, 5.74) is 4.58. The van der Waals surface area contributed by atoms with Crippen molar-refractivity contribution in [3.63, 3.8) is 0 Å². The van der Waals surface area contributed by atoms with Crippen LogP contribution in [0.1, 0.15) is 11.3 Å². The number of carbonyl (C=O) groups is 1. The van der Waals surface area contributed by atoms with Crippen LogP contribution in [0.2, 0.25) is 0 Å². The summed E-state index contributed by atoms with van der Waals surface area (Å²) < 4.78 is 2.94. The zero-order valence-electron chi connectivity index (χ0n) is 13.9. The van der Waals surface area contributed by atoms with Crippen LogP contribution in [0.4, 0.5) is 5.13 Å². The van der Waals surface area contributed by atoms with E-state index in [0.29, 0.717) is 5.13 Å². The number of nitrogens with zero attached hydrogens (tertiary/aromatic N) is 3. The van der Waals surface area contributed by atoms with Crippen LogP contribution in [0.3, 0.4) is 0 Å². The van der Waals surface area contributed by atoms with E-state index in [0.717, 1.165) is 32.6 Å². The number of imidazole rings is 1. The number of rotatable bonds is 4. The molecule has 3 aromatic heterocycles. The molecule has 0 atom stereocenters. The van der Waals surface area contributed by atoms with Gasteiger partial charge in [0.15, 0.2) is 5.13 Å². The smallest absolute Gasteiger partial charge is 0.232 e. The van der Waals surface area contributed by atoms with Crippen LogP contribution < -0.4 is 5.32 Å². The van der Waals surface area contributed by atoms with Crippen molar-refractivity contribution >= 4 is 44.0 Å². The Morgan fingerprint density at radius 3 is 2.85 bits per heavy atom. The second-order valence-electron chi connectivity index (χ2n) is 5.97. The lowest BCUT2D eigenvalue weighted by molar-refractivity contribution is -0.115. The number of hydrogen-bond acceptors (Lipinski definition) is 4. The Morgan fingerprint density at radius 1 is 1.23 bits per heavy atom. The maximum atomic E-state index is 12.3. The summed E-state index contributed by atoms with van der Waals surface area (Å²) in [5, 5.41) is 5.38. The molecule has 0 aliphatic carbocycles. The molecule has 7 heteroatoms. The van der Waals surface area contributed by atoms with Crippen LogP contribution in [0, 0.1) is 6.92 Å². The van der Waals surface area contributed by atoms with Crippen LogP contribution >= 0.6 is 27.3 Å². The largest absolute Gasteiger partial charge is 0.307 e. The van der Waals surface area contributed by atoms with Crippen molar-refractivity contribution in [3.05, 3.63) is 69.9 Å². The van der Waals surface area contributed by atoms with Crippen molar-refractivity contribution in [3.8, 4) is 11.3 Å². The lowest BCUT2D eigenvalue weighted by Crippen LogP contribution is -2.14. The van der Waals surface area contributed by atoms with Crippen LogP contribution in [-0.2, 0) is 11.2 Å². The number of aryl methyl sites for hydroxylation is 1. The molecule has 4 aromatic rings. The van der Waals surface area contributed by atoms with Crippen molar-refractivity contribution in [1.82, 2.24) is 14.4 Å². The topological polar surface area (TPSA) is 59.3 Å². The quantitative estimate of drug-likeness (QED) is 0.513. The Bertz CT molecular complexity index is 1080. The Hall–Kier alpha value is -2.51. The second kappa shape index (κ2) is 7.01. The molecule has 3 heterocycles. The maximum Gasteiger partial charge on any atom is 0.232 e. The molecule has 5 nitrogen and oxygen atoms in total. The number of nitrogens with one attached hydrogen (secondary N) is 1. The monoisotopic (exact) mass is 426 g/mol. The number of thiazole rings is 1. The third kappa shape index (κ3) is 3.68. The van der Waals surface area contributed by atoms with Gasteiger partial charge in [-0.05, 0) is 36.8 Å². The first-order valence-electron chi connectivity index (χ1n) is 8.02. The average molecular weight is 427 g/mol. The molecule has 0 aliphatic heterocycles. The van der Waals surface area contributed by atoms with Gasteiger partial charge in [-0.2, -0.15) is 0 Å². The molecular weight excluding hydrogens is 412 g/mol. The van der Waals surface area contributed by atoms with Crippen molar-refractivity contribution in [2.24, 2.45) is 0 Å². The molecule has 0 spiro atoms. The number of hydrogen-bond donors (Lipinski definition) is 1. The van der Waals surface area contributed by atoms with E-state index in [4.69, 9.17) is 0 Å². The van der Waals surface area contributed by atoms with Crippen molar-refractivity contribution < 1.29 is 4.79 Å². The molecule has 130 valence electrons. The molecule has 1 aromatic carbocycles. The molecule has 1 N–H and O–H groups in total. The molecule has 4 rings (SSSR count). The third-order valence-electron chi connectivity index (χ3n) is 3.90. The summed E-state index contributed by atoms with van der Waals surface area (Å²) >= 11 is 4.84. The molecule has 0 saturated heterocycles. The Kier molecular flexibility index (Phi) is 4.57. The number of pyridine rings is 1. The van der Waals surface area contributed by atoms with E-state index in [2.05, 4.69) is 31.2 Å². The zero-order valence-corrected chi connectivity index (χ0v) is 16.3. The fraction of sp³-hybridized carbons (Fsp3) is 0.105. The van der Waals surface area contributed by atoms with Gasteiger partial charge >= 0.3 is 0 Å². The van der Waals surface area contributed by atoms with E-state index >= 15 is 0 Å². The summed E-state index contributed by atoms with van der Waals surface area (Å²) in [7, 11) is 0. The third-order valence-corrected chi connectivity index (χ3v) is 5.18. The number of amides is 1. The van der Waals surface area contributed by atoms with Gasteiger partial charge in [-0.25, -0.2) is 9.97 Å². The normalized spacial score (nSPS) is 11.0. The minimum Gasteiger partial charge on any atom is -0.307 e. The zero-order chi connectivity index (χ0) is 18.1. The molecule has 0 saturated carbocycles. The van der Waals surface area contributed by atoms with Crippen molar-refractivity contribution in [2.75, 3.05) is 5.32 Å². The molecular formula is C19H15BrN4OS. The summed E-state index contributed by atoms with van der Waals surface area (Å²) in [6.45, 7) is 2.02. The molecule has 0 radical (unpaired) electrons. The van der Waals surface area contributed by atoms with E-state index in [9.17, 15) is 4.79 Å². The standard InChI is InChI=1S/C19H15BrN4OS/c1-12-6-7-24-10-15(21-17(24)8-12)9-18(25)23-19-22-16(11-26-19)13-2-4-14(20)5-3-13/h2-8,10-11H,9H2,1H3,(H,22,23,25). The number of fused-ring (bicyclic) bond motifs is 1. The van der Waals surface area contributed by atoms with Gasteiger partial charge in [0, 0.05) is 27.8 Å². The Morgan fingerprint density at radius 2 is 2.04 bits per heavy atom. The van der Waals surface area contributed by atoms with Crippen LogP contribution in [0.15, 0.2) is 58.6 Å². The minimum absolute atomic E-state index is 0.123. The molecule has 0 unspecified atom stereocenters. The molecule has 1 amide bonds. The molecule has 0 aliphatic rings. The van der Waals surface area contributed by atoms with E-state index in [1.54, 1.807) is 0 Å². The Labute approximate surface area is 162 Å². The SMILES string of the molecule is Cc1ccn2cc(CC(=O)Nc3nc(-c4ccc(Br)cc4)cs3)nc2c1. The van der Waals surface area contributed by atoms with Gasteiger partial charge in [0.1, 0.15) is 5.65 Å². The minimum atomic E-state index is -0.123. The van der Waals surface area contributed by atoms with Gasteiger partial charge in [0.25, 0.3) is 0 Å². The number of halogens is 1. The number of aromatic nitrogens is 3. The average Bonchev–Trinajstić information content (AvgIpc) is 3.21. The molecule has 26 heavy (non-hydrogen) atoms. The summed E-state index contributed by atoms with van der Waals surface area (Å²) in [6.07, 6.45) is 4.04. The number of anilines is 1. The van der Waals surface area contributed by atoms with E-state index in [1.807, 2.05) is 65.5 Å². The lowest BCUT2D eigenvalue weighted by atomic mass is 10.2. The fourth-order valence-corrected chi connectivity index (χ4v) is 3.63. The Balaban J connectivity index is 1.45. The van der Waals surface area contributed by atoms with Gasteiger partial charge in [-0.1, -0.05) is 28.1 Å². The maximum absolute atomic E-state index is 12.3. The highest BCUT2D eigenvalue weighted by Gasteiger charge is 2.11. The number of carbonyl (C=O) groups excluding carboxylic acids is 1. The summed E-state index contributed by atoms with van der Waals surface area (Å²) in [4.78, 5) is 21.3. The summed E-state index contributed by atoms with van der Waals surface area (Å²) in [6, 6.07) is 11.9. The first-order valence-corrected chi connectivity index (χ1v) is 9.70. The van der Waals surface area contributed by atoms with E-state index in [-0.39, 0.29) is 12.3 Å². The molecule has 0 fully saturated rings. The van der Waals surface area contributed by atoms with Gasteiger partial charge in [0.05, 0.1) is 17.8 Å². The van der Waals surface area contributed by atoms with Crippen LogP contribution in [0.5, 0.6) is 0 Å². The van der Waals surface area contributed by atoms with Crippen molar-refractivity contribution in [1.29, 1.82) is 0 Å². The van der Waals surface area contributed by atoms with Gasteiger partial charge < -0.3 is 9.72 Å². The summed E-state index contributed by atoms with van der Waals surface area (Å²) in [5.74, 6) is -0.123. The van der Waals surface area contributed by atoms with Gasteiger partial charge in [-0.3, -0.25) is 4.79 Å². The highest BCUT2D eigenvalue weighted by atomic mass is 79.9. The highest BCUT2D eigenvalue weighted by molar-refractivity contribution is 9.10. The fourth-order valence-electron chi connectivity index (χ4n) is 2.63. The van der Waals surface area contributed by atoms with Crippen LogP contribution in [0.25, 0.3) is 16.9 Å². The first-order chi connectivity index (χ1) is 12.6. The first kappa shape index (κ1) is 16.9. The second-order valence-corrected chi connectivity index (χ2v) is 7.75. The van der Waals surface area contributed by atoms with E-state index < -0.39 is 0 Å². The van der Waals surface area contributed by atoms with Gasteiger partial charge in [-0.15, -0.1) is 11.3 Å². The van der Waals surface area contributed by atoms with E-state index in [1.165, 1.54) is 11.3 Å². The van der Waals surface area contributed by atoms with Gasteiger partial charge in [0.2, 0.25) is 5.91 Å². The predicted molar refractivity (Wildman–Crippen MR) is 108 cm³/mol. The number of benzene rings is 1. The van der Waals surface area contributed by atoms with Crippen LogP contribution in [-0.4, -0.2) is 20.3 Å². The lowest BCUT2D eigenvalue weighted by Gasteiger charge is -1.99. The molecule has 0 bridgehead atoms. The highest BCUT2D eigenvalue weighted by Crippen LogP contribution is 2.26.